The summed E-state index contributed by atoms with van der Waals surface area (Å²) in [6.45, 7) is 8.30. The van der Waals surface area contributed by atoms with Gasteiger partial charge < -0.3 is 14.6 Å². The molecule has 154 valence electrons. The molecule has 1 aliphatic rings. The third kappa shape index (κ3) is 5.51. The predicted octanol–water partition coefficient (Wildman–Crippen LogP) is 2.73. The van der Waals surface area contributed by atoms with Crippen LogP contribution in [0, 0.1) is 17.8 Å². The zero-order valence-corrected chi connectivity index (χ0v) is 16.5. The monoisotopic (exact) mass is 398 g/mol. The fourth-order valence-electron chi connectivity index (χ4n) is 3.56. The number of Topliss-reactive ketones (excluding diaryl/α,β-unsaturated/α-hetero) is 1. The van der Waals surface area contributed by atoms with E-state index in [1.165, 1.54) is 19.1 Å². The Morgan fingerprint density at radius 1 is 1.14 bits per heavy atom. The first-order valence-electron chi connectivity index (χ1n) is 9.35. The zero-order valence-electron chi connectivity index (χ0n) is 16.5. The quantitative estimate of drug-likeness (QED) is 0.411. The van der Waals surface area contributed by atoms with Crippen molar-refractivity contribution in [2.24, 2.45) is 17.8 Å². The fraction of sp³-hybridized carbons (Fsp3) is 0.348. The second kappa shape index (κ2) is 9.98. The number of rotatable bonds is 8. The van der Waals surface area contributed by atoms with E-state index in [-0.39, 0.29) is 19.6 Å². The number of hydrogen-bond acceptors (Lipinski definition) is 6. The number of carbonyl (C=O) groups is 3. The highest BCUT2D eigenvalue weighted by Gasteiger charge is 2.55. The summed E-state index contributed by atoms with van der Waals surface area (Å²) in [4.78, 5) is 38.1. The first-order valence-corrected chi connectivity index (χ1v) is 9.35. The van der Waals surface area contributed by atoms with Gasteiger partial charge in [-0.3, -0.25) is 14.4 Å². The van der Waals surface area contributed by atoms with E-state index in [0.29, 0.717) is 0 Å². The molecule has 0 amide bonds. The molecule has 0 aliphatic heterocycles. The van der Waals surface area contributed by atoms with Gasteiger partial charge in [-0.1, -0.05) is 67.8 Å². The molecule has 0 heterocycles. The summed E-state index contributed by atoms with van der Waals surface area (Å²) >= 11 is 0. The van der Waals surface area contributed by atoms with Crippen LogP contribution in [0.1, 0.15) is 18.9 Å². The highest BCUT2D eigenvalue weighted by molar-refractivity contribution is 6.02. The van der Waals surface area contributed by atoms with Gasteiger partial charge in [-0.2, -0.15) is 0 Å². The van der Waals surface area contributed by atoms with Gasteiger partial charge in [0.1, 0.15) is 19.1 Å². The van der Waals surface area contributed by atoms with Gasteiger partial charge in [0.05, 0.1) is 11.5 Å². The molecular weight excluding hydrogens is 372 g/mol. The van der Waals surface area contributed by atoms with Crippen LogP contribution in [0.15, 0.2) is 61.7 Å². The molecule has 29 heavy (non-hydrogen) atoms. The molecule has 1 aromatic rings. The third-order valence-electron chi connectivity index (χ3n) is 4.82. The maximum absolute atomic E-state index is 12.7. The van der Waals surface area contributed by atoms with Crippen LogP contribution in [0.4, 0.5) is 0 Å². The lowest BCUT2D eigenvalue weighted by molar-refractivity contribution is -0.174. The number of carbonyl (C=O) groups excluding carboxylic acids is 3. The summed E-state index contributed by atoms with van der Waals surface area (Å²) in [7, 11) is 0. The maximum atomic E-state index is 12.7. The van der Waals surface area contributed by atoms with Gasteiger partial charge in [-0.25, -0.2) is 0 Å². The van der Waals surface area contributed by atoms with Crippen LogP contribution >= 0.6 is 0 Å². The third-order valence-corrected chi connectivity index (χ3v) is 4.82. The van der Waals surface area contributed by atoms with Crippen molar-refractivity contribution in [3.8, 4) is 0 Å². The topological polar surface area (TPSA) is 89.9 Å². The van der Waals surface area contributed by atoms with Crippen LogP contribution in [0.2, 0.25) is 0 Å². The van der Waals surface area contributed by atoms with Crippen LogP contribution in [0.5, 0.6) is 0 Å². The summed E-state index contributed by atoms with van der Waals surface area (Å²) in [6, 6.07) is 9.23. The normalized spacial score (nSPS) is 26.7. The van der Waals surface area contributed by atoms with Crippen molar-refractivity contribution in [3.05, 3.63) is 67.3 Å². The van der Waals surface area contributed by atoms with Crippen molar-refractivity contribution in [1.82, 2.24) is 0 Å². The molecule has 4 atom stereocenters. The minimum atomic E-state index is -1.67. The van der Waals surface area contributed by atoms with E-state index in [9.17, 15) is 19.5 Å². The molecule has 1 aromatic carbocycles. The van der Waals surface area contributed by atoms with Crippen molar-refractivity contribution in [2.45, 2.75) is 18.9 Å². The van der Waals surface area contributed by atoms with Gasteiger partial charge in [0.15, 0.2) is 5.78 Å². The van der Waals surface area contributed by atoms with Crippen LogP contribution in [-0.2, 0) is 23.9 Å². The van der Waals surface area contributed by atoms with Crippen LogP contribution in [-0.4, -0.2) is 41.6 Å². The van der Waals surface area contributed by atoms with E-state index < -0.39 is 41.1 Å². The Kier molecular flexibility index (Phi) is 7.67. The summed E-state index contributed by atoms with van der Waals surface area (Å²) < 4.78 is 10.3. The molecule has 1 N–H and O–H groups in total. The number of ether oxygens (including phenoxy) is 2. The minimum absolute atomic E-state index is 0.0416. The second-order valence-corrected chi connectivity index (χ2v) is 7.14. The molecule has 1 saturated carbocycles. The van der Waals surface area contributed by atoms with Gasteiger partial charge in [0.2, 0.25) is 0 Å². The Hall–Kier alpha value is -2.99. The number of esters is 2. The highest BCUT2D eigenvalue weighted by Crippen LogP contribution is 2.42. The Morgan fingerprint density at radius 2 is 1.72 bits per heavy atom. The number of allylic oxidation sites excluding steroid dienone is 1. The first kappa shape index (κ1) is 22.3. The Labute approximate surface area is 170 Å². The van der Waals surface area contributed by atoms with Crippen LogP contribution < -0.4 is 0 Å². The zero-order chi connectivity index (χ0) is 21.4. The lowest BCUT2D eigenvalue weighted by Gasteiger charge is -2.42. The molecular formula is C23H26O6. The Bertz CT molecular complexity index is 793. The molecule has 1 fully saturated rings. The second-order valence-electron chi connectivity index (χ2n) is 7.14. The molecule has 2 rings (SSSR count). The Morgan fingerprint density at radius 3 is 2.31 bits per heavy atom. The molecule has 0 aromatic heterocycles. The summed E-state index contributed by atoms with van der Waals surface area (Å²) in [6.07, 6.45) is 5.75. The van der Waals surface area contributed by atoms with E-state index in [0.717, 1.165) is 5.56 Å². The number of benzene rings is 1. The summed E-state index contributed by atoms with van der Waals surface area (Å²) in [5.74, 6) is -5.22. The van der Waals surface area contributed by atoms with Gasteiger partial charge in [-0.15, -0.1) is 0 Å². The summed E-state index contributed by atoms with van der Waals surface area (Å²) in [5, 5.41) is 10.9. The number of aliphatic hydroxyl groups is 1. The largest absolute Gasteiger partial charge is 0.461 e. The number of ketones is 1. The van der Waals surface area contributed by atoms with Gasteiger partial charge >= 0.3 is 11.9 Å². The van der Waals surface area contributed by atoms with Crippen molar-refractivity contribution in [1.29, 1.82) is 0 Å². The Balaban J connectivity index is 2.46. The molecule has 0 unspecified atom stereocenters. The fourth-order valence-corrected chi connectivity index (χ4v) is 3.56. The smallest absolute Gasteiger partial charge is 0.317 e. The lowest BCUT2D eigenvalue weighted by Crippen LogP contribution is -2.56. The standard InChI is InChI=1S/C23H26O6/c1-4-13-28-21(25)19-17(12-11-16-9-7-6-8-10-16)20(22(26)29-14-5-2)23(3,27)15-18(19)24/h4-12,17,19-20,27H,1-2,13-15H2,3H3/b12-11+/t17-,19+,20-,23+/m1/s1. The van der Waals surface area contributed by atoms with Gasteiger partial charge in [0.25, 0.3) is 0 Å². The number of hydrogen-bond donors (Lipinski definition) is 1. The van der Waals surface area contributed by atoms with E-state index >= 15 is 0 Å². The van der Waals surface area contributed by atoms with Gasteiger partial charge in [0, 0.05) is 12.3 Å². The first-order chi connectivity index (χ1) is 13.8. The predicted molar refractivity (Wildman–Crippen MR) is 109 cm³/mol. The lowest BCUT2D eigenvalue weighted by atomic mass is 9.63. The molecule has 0 spiro atoms. The minimum Gasteiger partial charge on any atom is -0.461 e. The van der Waals surface area contributed by atoms with E-state index in [1.54, 1.807) is 12.2 Å². The average Bonchev–Trinajstić information content (AvgIpc) is 2.68. The molecule has 1 aliphatic carbocycles. The SMILES string of the molecule is C=CCOC(=O)[C@@H]1C(=O)C[C@](C)(O)[C@@H](C(=O)OCC=C)[C@@H]1/C=C/c1ccccc1. The van der Waals surface area contributed by atoms with E-state index in [4.69, 9.17) is 9.47 Å². The van der Waals surface area contributed by atoms with E-state index in [1.807, 2.05) is 30.3 Å². The maximum Gasteiger partial charge on any atom is 0.317 e. The van der Waals surface area contributed by atoms with Crippen molar-refractivity contribution in [2.75, 3.05) is 13.2 Å². The van der Waals surface area contributed by atoms with Crippen molar-refractivity contribution < 1.29 is 29.0 Å². The highest BCUT2D eigenvalue weighted by atomic mass is 16.5. The molecule has 0 saturated heterocycles. The van der Waals surface area contributed by atoms with Crippen molar-refractivity contribution >= 4 is 23.8 Å². The van der Waals surface area contributed by atoms with Crippen LogP contribution in [0.3, 0.4) is 0 Å². The molecule has 0 radical (unpaired) electrons. The van der Waals surface area contributed by atoms with Gasteiger partial charge in [-0.05, 0) is 12.5 Å². The summed E-state index contributed by atoms with van der Waals surface area (Å²) in [5.41, 5.74) is -0.849. The molecule has 6 nitrogen and oxygen atoms in total. The van der Waals surface area contributed by atoms with E-state index in [2.05, 4.69) is 13.2 Å². The average molecular weight is 398 g/mol. The molecule has 6 heteroatoms. The van der Waals surface area contributed by atoms with Crippen molar-refractivity contribution in [3.63, 3.8) is 0 Å². The van der Waals surface area contributed by atoms with Crippen LogP contribution in [0.25, 0.3) is 6.08 Å². The molecule has 0 bridgehead atoms.